The summed E-state index contributed by atoms with van der Waals surface area (Å²) < 4.78 is 7.48. The van der Waals surface area contributed by atoms with Gasteiger partial charge in [0.25, 0.3) is 0 Å². The maximum absolute atomic E-state index is 12.4. The minimum absolute atomic E-state index is 0.0537. The number of aryl methyl sites for hydroxylation is 1. The molecule has 0 radical (unpaired) electrons. The zero-order valence-electron chi connectivity index (χ0n) is 11.8. The second-order valence-electron chi connectivity index (χ2n) is 5.09. The summed E-state index contributed by atoms with van der Waals surface area (Å²) in [5, 5.41) is 6.89. The van der Waals surface area contributed by atoms with Gasteiger partial charge in [-0.05, 0) is 12.5 Å². The van der Waals surface area contributed by atoms with Gasteiger partial charge in [0.05, 0.1) is 31.3 Å². The highest BCUT2D eigenvalue weighted by molar-refractivity contribution is 5.76. The van der Waals surface area contributed by atoms with Crippen molar-refractivity contribution >= 4 is 5.91 Å². The van der Waals surface area contributed by atoms with E-state index in [0.29, 0.717) is 26.2 Å². The molecule has 1 atom stereocenters. The molecule has 0 spiro atoms. The molecule has 0 unspecified atom stereocenters. The summed E-state index contributed by atoms with van der Waals surface area (Å²) >= 11 is 0. The first-order chi connectivity index (χ1) is 10.3. The molecule has 2 aromatic rings. The van der Waals surface area contributed by atoms with E-state index in [1.54, 1.807) is 18.7 Å². The molecule has 1 amide bonds. The maximum atomic E-state index is 12.4. The van der Waals surface area contributed by atoms with Crippen molar-refractivity contribution in [3.05, 3.63) is 36.7 Å². The molecular formula is C14H19N5O2. The Balaban J connectivity index is 1.56. The molecule has 7 nitrogen and oxygen atoms in total. The van der Waals surface area contributed by atoms with Gasteiger partial charge in [0.1, 0.15) is 0 Å². The van der Waals surface area contributed by atoms with Gasteiger partial charge in [-0.3, -0.25) is 9.89 Å². The number of hydrogen-bond donors (Lipinski definition) is 1. The normalized spacial score (nSPS) is 18.9. The van der Waals surface area contributed by atoms with Gasteiger partial charge in [0.2, 0.25) is 5.91 Å². The minimum Gasteiger partial charge on any atom is -0.377 e. The van der Waals surface area contributed by atoms with Crippen LogP contribution in [0.4, 0.5) is 0 Å². The molecule has 2 aromatic heterocycles. The van der Waals surface area contributed by atoms with Gasteiger partial charge in [0.15, 0.2) is 0 Å². The topological polar surface area (TPSA) is 76.0 Å². The van der Waals surface area contributed by atoms with Crippen LogP contribution < -0.4 is 0 Å². The molecule has 3 rings (SSSR count). The number of H-pyrrole nitrogens is 1. The molecular weight excluding hydrogens is 270 g/mol. The average Bonchev–Trinajstić information content (AvgIpc) is 3.20. The lowest BCUT2D eigenvalue weighted by molar-refractivity contribution is -0.140. The van der Waals surface area contributed by atoms with Gasteiger partial charge in [0, 0.05) is 38.1 Å². The molecule has 1 aliphatic heterocycles. The van der Waals surface area contributed by atoms with Crippen molar-refractivity contribution in [3.8, 4) is 0 Å². The van der Waals surface area contributed by atoms with Crippen LogP contribution in [0.5, 0.6) is 0 Å². The predicted octanol–water partition coefficient (Wildman–Crippen LogP) is 0.986. The number of nitrogens with zero attached hydrogens (tertiary/aromatic N) is 4. The van der Waals surface area contributed by atoms with Crippen LogP contribution in [0.2, 0.25) is 0 Å². The van der Waals surface area contributed by atoms with E-state index < -0.39 is 0 Å². The lowest BCUT2D eigenvalue weighted by Gasteiger charge is -2.35. The van der Waals surface area contributed by atoms with E-state index >= 15 is 0 Å². The van der Waals surface area contributed by atoms with Gasteiger partial charge in [-0.15, -0.1) is 0 Å². The van der Waals surface area contributed by atoms with Crippen LogP contribution in [0.1, 0.15) is 24.6 Å². The van der Waals surface area contributed by atoms with Gasteiger partial charge >= 0.3 is 0 Å². The first-order valence-corrected chi connectivity index (χ1v) is 7.17. The fourth-order valence-corrected chi connectivity index (χ4v) is 2.59. The Kier molecular flexibility index (Phi) is 4.30. The summed E-state index contributed by atoms with van der Waals surface area (Å²) in [6.45, 7) is 2.56. The highest BCUT2D eigenvalue weighted by Crippen LogP contribution is 2.23. The third kappa shape index (κ3) is 3.30. The van der Waals surface area contributed by atoms with Crippen LogP contribution >= 0.6 is 0 Å². The third-order valence-electron chi connectivity index (χ3n) is 3.70. The first kappa shape index (κ1) is 13.8. The third-order valence-corrected chi connectivity index (χ3v) is 3.70. The largest absolute Gasteiger partial charge is 0.377 e. The van der Waals surface area contributed by atoms with Crippen molar-refractivity contribution in [2.45, 2.75) is 25.4 Å². The molecule has 21 heavy (non-hydrogen) atoms. The van der Waals surface area contributed by atoms with Crippen LogP contribution in [-0.2, 0) is 16.1 Å². The number of carbonyl (C=O) groups excluding carboxylic acids is 1. The second-order valence-corrected chi connectivity index (χ2v) is 5.09. The van der Waals surface area contributed by atoms with E-state index in [9.17, 15) is 4.79 Å². The van der Waals surface area contributed by atoms with E-state index in [4.69, 9.17) is 4.74 Å². The van der Waals surface area contributed by atoms with Crippen LogP contribution in [0.15, 0.2) is 31.0 Å². The molecule has 0 bridgehead atoms. The lowest BCUT2D eigenvalue weighted by atomic mass is 10.1. The summed E-state index contributed by atoms with van der Waals surface area (Å²) in [7, 11) is 0. The van der Waals surface area contributed by atoms with Crippen LogP contribution in [-0.4, -0.2) is 50.3 Å². The van der Waals surface area contributed by atoms with E-state index in [2.05, 4.69) is 15.2 Å². The van der Waals surface area contributed by atoms with Crippen molar-refractivity contribution in [1.29, 1.82) is 0 Å². The Morgan fingerprint density at radius 2 is 2.43 bits per heavy atom. The van der Waals surface area contributed by atoms with Crippen molar-refractivity contribution < 1.29 is 9.53 Å². The number of amides is 1. The molecule has 1 N–H and O–H groups in total. The summed E-state index contributed by atoms with van der Waals surface area (Å²) in [4.78, 5) is 18.3. The number of rotatable bonds is 5. The number of imidazole rings is 1. The Morgan fingerprint density at radius 1 is 1.48 bits per heavy atom. The standard InChI is InChI=1S/C14H19N5O2/c20-14(2-1-6-18-7-5-15-11-18)19-8-9-21-10-13(19)12-3-4-16-17-12/h3-5,7,11,13H,1-2,6,8-10H2,(H,16,17)/t13-/m1/s1. The Bertz CT molecular complexity index is 552. The molecule has 1 fully saturated rings. The quantitative estimate of drug-likeness (QED) is 0.890. The van der Waals surface area contributed by atoms with Gasteiger partial charge in [-0.2, -0.15) is 5.10 Å². The smallest absolute Gasteiger partial charge is 0.223 e. The fraction of sp³-hybridized carbons (Fsp3) is 0.500. The zero-order chi connectivity index (χ0) is 14.5. The van der Waals surface area contributed by atoms with E-state index in [1.165, 1.54) is 0 Å². The Morgan fingerprint density at radius 3 is 3.19 bits per heavy atom. The van der Waals surface area contributed by atoms with E-state index in [0.717, 1.165) is 18.7 Å². The molecule has 0 aliphatic carbocycles. The number of hydrogen-bond acceptors (Lipinski definition) is 4. The highest BCUT2D eigenvalue weighted by atomic mass is 16.5. The van der Waals surface area contributed by atoms with Crippen molar-refractivity contribution in [1.82, 2.24) is 24.6 Å². The first-order valence-electron chi connectivity index (χ1n) is 7.17. The van der Waals surface area contributed by atoms with Gasteiger partial charge in [-0.25, -0.2) is 4.98 Å². The van der Waals surface area contributed by atoms with Crippen LogP contribution in [0.3, 0.4) is 0 Å². The fourth-order valence-electron chi connectivity index (χ4n) is 2.59. The maximum Gasteiger partial charge on any atom is 0.223 e. The average molecular weight is 289 g/mol. The number of carbonyl (C=O) groups is 1. The van der Waals surface area contributed by atoms with Crippen molar-refractivity contribution in [2.75, 3.05) is 19.8 Å². The predicted molar refractivity (Wildman–Crippen MR) is 75.3 cm³/mol. The van der Waals surface area contributed by atoms with Crippen molar-refractivity contribution in [2.24, 2.45) is 0 Å². The number of aromatic amines is 1. The van der Waals surface area contributed by atoms with E-state index in [1.807, 2.05) is 21.7 Å². The molecule has 7 heteroatoms. The van der Waals surface area contributed by atoms with Crippen LogP contribution in [0, 0.1) is 0 Å². The SMILES string of the molecule is O=C(CCCn1ccnc1)N1CCOC[C@@H]1c1ccn[nH]1. The highest BCUT2D eigenvalue weighted by Gasteiger charge is 2.28. The molecule has 0 saturated carbocycles. The monoisotopic (exact) mass is 289 g/mol. The zero-order valence-corrected chi connectivity index (χ0v) is 11.8. The Labute approximate surface area is 122 Å². The molecule has 0 aromatic carbocycles. The van der Waals surface area contributed by atoms with E-state index in [-0.39, 0.29) is 11.9 Å². The lowest BCUT2D eigenvalue weighted by Crippen LogP contribution is -2.43. The number of aromatic nitrogens is 4. The number of morpholine rings is 1. The number of nitrogens with one attached hydrogen (secondary N) is 1. The number of ether oxygens (including phenoxy) is 1. The Hall–Kier alpha value is -2.15. The second kappa shape index (κ2) is 6.53. The summed E-state index contributed by atoms with van der Waals surface area (Å²) in [5.41, 5.74) is 0.928. The summed E-state index contributed by atoms with van der Waals surface area (Å²) in [6, 6.07) is 1.84. The van der Waals surface area contributed by atoms with Gasteiger partial charge < -0.3 is 14.2 Å². The van der Waals surface area contributed by atoms with Crippen LogP contribution in [0.25, 0.3) is 0 Å². The summed E-state index contributed by atoms with van der Waals surface area (Å²) in [5.74, 6) is 0.165. The summed E-state index contributed by atoms with van der Waals surface area (Å²) in [6.07, 6.45) is 8.47. The van der Waals surface area contributed by atoms with Crippen molar-refractivity contribution in [3.63, 3.8) is 0 Å². The minimum atomic E-state index is -0.0537. The molecule has 112 valence electrons. The molecule has 1 aliphatic rings. The molecule has 1 saturated heterocycles. The molecule has 3 heterocycles. The van der Waals surface area contributed by atoms with Gasteiger partial charge in [-0.1, -0.05) is 0 Å².